The second kappa shape index (κ2) is 7.60. The van der Waals surface area contributed by atoms with Gasteiger partial charge in [0, 0.05) is 23.6 Å². The van der Waals surface area contributed by atoms with E-state index < -0.39 is 0 Å². The lowest BCUT2D eigenvalue weighted by molar-refractivity contribution is -0.0866. The van der Waals surface area contributed by atoms with Gasteiger partial charge in [-0.2, -0.15) is 0 Å². The van der Waals surface area contributed by atoms with Crippen molar-refractivity contribution in [2.24, 2.45) is 28.1 Å². The molecule has 3 fully saturated rings. The predicted molar refractivity (Wildman–Crippen MR) is 120 cm³/mol. The Morgan fingerprint density at radius 1 is 1.07 bits per heavy atom. The van der Waals surface area contributed by atoms with Crippen LogP contribution in [0.25, 0.3) is 0 Å². The summed E-state index contributed by atoms with van der Waals surface area (Å²) >= 11 is 1.75. The maximum absolute atomic E-state index is 10.7. The number of allylic oxidation sites excluding steroid dienone is 2. The van der Waals surface area contributed by atoms with E-state index in [1.54, 1.807) is 17.3 Å². The highest BCUT2D eigenvalue weighted by Gasteiger charge is 2.61. The number of fused-ring (bicyclic) bond motifs is 5. The molecule has 4 aliphatic carbocycles. The first kappa shape index (κ1) is 21.0. The largest absolute Gasteiger partial charge is 0.393 e. The number of rotatable bonds is 4. The Labute approximate surface area is 185 Å². The van der Waals surface area contributed by atoms with Crippen molar-refractivity contribution in [3.63, 3.8) is 0 Å². The van der Waals surface area contributed by atoms with E-state index in [9.17, 15) is 10.2 Å². The molecule has 1 aromatic heterocycles. The Bertz CT molecular complexity index is 817. The number of aliphatic hydroxyl groups excluding tert-OH is 2. The summed E-state index contributed by atoms with van der Waals surface area (Å²) in [6.45, 7) is 4.84. The summed E-state index contributed by atoms with van der Waals surface area (Å²) in [6, 6.07) is 1.86. The molecule has 0 bridgehead atoms. The van der Waals surface area contributed by atoms with Crippen molar-refractivity contribution < 1.29 is 10.2 Å². The van der Waals surface area contributed by atoms with Gasteiger partial charge in [0.2, 0.25) is 0 Å². The molecule has 5 rings (SSSR count). The zero-order chi connectivity index (χ0) is 21.0. The molecule has 30 heavy (non-hydrogen) atoms. The molecule has 1 heterocycles. The van der Waals surface area contributed by atoms with E-state index in [0.717, 1.165) is 49.4 Å². The van der Waals surface area contributed by atoms with Gasteiger partial charge in [0.1, 0.15) is 0 Å². The van der Waals surface area contributed by atoms with Gasteiger partial charge in [-0.1, -0.05) is 37.3 Å². The number of aliphatic hydroxyl groups is 2. The fourth-order valence-corrected chi connectivity index (χ4v) is 8.79. The monoisotopic (exact) mass is 428 g/mol. The van der Waals surface area contributed by atoms with Crippen LogP contribution in [0.1, 0.15) is 71.6 Å². The van der Waals surface area contributed by atoms with Gasteiger partial charge >= 0.3 is 0 Å². The Morgan fingerprint density at radius 3 is 2.67 bits per heavy atom. The summed E-state index contributed by atoms with van der Waals surface area (Å²) in [6.07, 6.45) is 15.5. The van der Waals surface area contributed by atoms with E-state index in [0.29, 0.717) is 11.8 Å². The Kier molecular flexibility index (Phi) is 5.31. The van der Waals surface area contributed by atoms with Crippen LogP contribution < -0.4 is 0 Å². The topological polar surface area (TPSA) is 66.2 Å². The van der Waals surface area contributed by atoms with Crippen LogP contribution in [0, 0.1) is 28.1 Å². The van der Waals surface area contributed by atoms with Crippen molar-refractivity contribution in [2.45, 2.75) is 89.0 Å². The smallest absolute Gasteiger partial charge is 0.187 e. The van der Waals surface area contributed by atoms with Crippen LogP contribution in [-0.2, 0) is 0 Å². The number of thioether (sulfide) groups is 1. The summed E-state index contributed by atoms with van der Waals surface area (Å²) in [4.78, 5) is 8.76. The summed E-state index contributed by atoms with van der Waals surface area (Å²) in [5.74, 6) is 2.25. The van der Waals surface area contributed by atoms with Gasteiger partial charge in [0.15, 0.2) is 5.16 Å². The van der Waals surface area contributed by atoms with Gasteiger partial charge in [-0.15, -0.1) is 0 Å². The molecule has 1 aromatic rings. The Morgan fingerprint density at radius 2 is 1.87 bits per heavy atom. The van der Waals surface area contributed by atoms with E-state index >= 15 is 0 Å². The van der Waals surface area contributed by atoms with Crippen LogP contribution in [0.2, 0.25) is 0 Å². The molecule has 3 saturated carbocycles. The molecule has 0 radical (unpaired) electrons. The van der Waals surface area contributed by atoms with Gasteiger partial charge in [-0.3, -0.25) is 0 Å². The molecule has 164 valence electrons. The highest BCUT2D eigenvalue weighted by Crippen LogP contribution is 2.69. The highest BCUT2D eigenvalue weighted by molar-refractivity contribution is 7.99. The maximum atomic E-state index is 10.7. The van der Waals surface area contributed by atoms with E-state index in [4.69, 9.17) is 0 Å². The molecule has 0 spiro atoms. The van der Waals surface area contributed by atoms with Gasteiger partial charge in [0.25, 0.3) is 0 Å². The van der Waals surface area contributed by atoms with Crippen molar-refractivity contribution in [3.05, 3.63) is 30.1 Å². The minimum Gasteiger partial charge on any atom is -0.393 e. The van der Waals surface area contributed by atoms with E-state index in [1.807, 2.05) is 18.5 Å². The first-order chi connectivity index (χ1) is 14.4. The minimum absolute atomic E-state index is 0.0687. The first-order valence-electron chi connectivity index (χ1n) is 11.8. The average Bonchev–Trinajstić information content (AvgIpc) is 3.04. The Balaban J connectivity index is 1.42. The lowest BCUT2D eigenvalue weighted by atomic mass is 9.42. The summed E-state index contributed by atoms with van der Waals surface area (Å²) in [5, 5.41) is 22.2. The number of hydrogen-bond acceptors (Lipinski definition) is 5. The third-order valence-corrected chi connectivity index (χ3v) is 10.6. The van der Waals surface area contributed by atoms with Crippen LogP contribution in [0.15, 0.2) is 35.3 Å². The van der Waals surface area contributed by atoms with Crippen LogP contribution in [0.5, 0.6) is 0 Å². The van der Waals surface area contributed by atoms with E-state index in [-0.39, 0.29) is 28.5 Å². The molecule has 0 unspecified atom stereocenters. The maximum Gasteiger partial charge on any atom is 0.187 e. The fourth-order valence-electron chi connectivity index (χ4n) is 7.84. The van der Waals surface area contributed by atoms with E-state index in [1.165, 1.54) is 19.3 Å². The van der Waals surface area contributed by atoms with Crippen LogP contribution >= 0.6 is 11.8 Å². The third-order valence-electron chi connectivity index (χ3n) is 9.71. The molecule has 7 atom stereocenters. The van der Waals surface area contributed by atoms with Gasteiger partial charge in [0.05, 0.1) is 12.2 Å². The zero-order valence-corrected chi connectivity index (χ0v) is 19.2. The second-order valence-corrected chi connectivity index (χ2v) is 11.9. The number of aromatic nitrogens is 2. The standard InChI is InChI=1S/C25H36N2O2S/c1-23-9-8-20-18(19(23)4-5-21(23)29)7-11-25(16-17(28)6-10-24(20,25)2)12-15-30-22-26-13-3-14-27-22/h3,8,13-14,17-19,21,28-29H,4-7,9-12,15-16H2,1-2H3/t17-,18-,19-,21-,23-,24+,25-/m0/s1. The molecule has 0 amide bonds. The van der Waals surface area contributed by atoms with Crippen LogP contribution in [0.3, 0.4) is 0 Å². The van der Waals surface area contributed by atoms with Gasteiger partial charge < -0.3 is 10.2 Å². The van der Waals surface area contributed by atoms with Crippen molar-refractivity contribution in [1.29, 1.82) is 0 Å². The van der Waals surface area contributed by atoms with Crippen molar-refractivity contribution in [3.8, 4) is 0 Å². The number of nitrogens with zero attached hydrogens (tertiary/aromatic N) is 2. The summed E-state index contributed by atoms with van der Waals surface area (Å²) in [5.41, 5.74) is 2.08. The summed E-state index contributed by atoms with van der Waals surface area (Å²) in [7, 11) is 0. The highest BCUT2D eigenvalue weighted by atomic mass is 32.2. The van der Waals surface area contributed by atoms with E-state index in [2.05, 4.69) is 29.9 Å². The molecule has 0 saturated heterocycles. The summed E-state index contributed by atoms with van der Waals surface area (Å²) < 4.78 is 0. The predicted octanol–water partition coefficient (Wildman–Crippen LogP) is 5.01. The minimum atomic E-state index is -0.171. The molecule has 4 nitrogen and oxygen atoms in total. The van der Waals surface area contributed by atoms with Crippen molar-refractivity contribution >= 4 is 11.8 Å². The molecule has 0 aromatic carbocycles. The SMILES string of the molecule is C[C@]12CC=C3[C@@H](CC[C@]4(CCSc5ncccn5)C[C@@H](O)CC[C@]34C)[C@@H]1CC[C@@H]2O. The molecular formula is C25H36N2O2S. The average molecular weight is 429 g/mol. The Hall–Kier alpha value is -0.910. The van der Waals surface area contributed by atoms with Crippen molar-refractivity contribution in [1.82, 2.24) is 9.97 Å². The lowest BCUT2D eigenvalue weighted by Gasteiger charge is -2.62. The van der Waals surface area contributed by atoms with Gasteiger partial charge in [-0.05, 0) is 86.5 Å². The lowest BCUT2D eigenvalue weighted by Crippen LogP contribution is -2.55. The quantitative estimate of drug-likeness (QED) is 0.401. The molecule has 4 aliphatic rings. The normalized spacial score (nSPS) is 45.3. The molecule has 2 N–H and O–H groups in total. The fraction of sp³-hybridized carbons (Fsp3) is 0.760. The first-order valence-corrected chi connectivity index (χ1v) is 12.8. The number of hydrogen-bond donors (Lipinski definition) is 2. The van der Waals surface area contributed by atoms with Crippen LogP contribution in [-0.4, -0.2) is 38.1 Å². The molecule has 0 aliphatic heterocycles. The zero-order valence-electron chi connectivity index (χ0n) is 18.4. The van der Waals surface area contributed by atoms with Gasteiger partial charge in [-0.25, -0.2) is 9.97 Å². The molecule has 5 heteroatoms. The third kappa shape index (κ3) is 3.10. The van der Waals surface area contributed by atoms with Crippen LogP contribution in [0.4, 0.5) is 0 Å². The molecular weight excluding hydrogens is 392 g/mol. The van der Waals surface area contributed by atoms with Crippen molar-refractivity contribution in [2.75, 3.05) is 5.75 Å². The second-order valence-electron chi connectivity index (χ2n) is 10.9.